The lowest BCUT2D eigenvalue weighted by Crippen LogP contribution is -2.37. The fourth-order valence-electron chi connectivity index (χ4n) is 4.01. The lowest BCUT2D eigenvalue weighted by molar-refractivity contribution is -0.384. The van der Waals surface area contributed by atoms with Crippen LogP contribution in [0.5, 0.6) is 0 Å². The summed E-state index contributed by atoms with van der Waals surface area (Å²) in [7, 11) is 2.10. The highest BCUT2D eigenvalue weighted by Gasteiger charge is 2.24. The number of nitrogens with one attached hydrogen (secondary N) is 1. The van der Waals surface area contributed by atoms with Crippen LogP contribution in [0.15, 0.2) is 18.2 Å². The quantitative estimate of drug-likeness (QED) is 0.597. The van der Waals surface area contributed by atoms with Gasteiger partial charge in [0.05, 0.1) is 4.92 Å². The summed E-state index contributed by atoms with van der Waals surface area (Å²) >= 11 is 0. The molecule has 1 heterocycles. The Kier molecular flexibility index (Phi) is 6.08. The first-order valence-electron chi connectivity index (χ1n) is 9.58. The number of hydrogen-bond donors (Lipinski definition) is 1. The summed E-state index contributed by atoms with van der Waals surface area (Å²) in [5, 5.41) is 14.3. The summed E-state index contributed by atoms with van der Waals surface area (Å²) < 4.78 is 0. The van der Waals surface area contributed by atoms with Gasteiger partial charge in [-0.15, -0.1) is 0 Å². The first kappa shape index (κ1) is 18.6. The van der Waals surface area contributed by atoms with E-state index < -0.39 is 4.92 Å². The lowest BCUT2D eigenvalue weighted by atomic mass is 10.1. The normalized spacial score (nSPS) is 17.8. The molecule has 7 heteroatoms. The number of likely N-dealkylation sites (N-methyl/N-ethyl adjacent to an activating group) is 1. The Balaban J connectivity index is 1.59. The van der Waals surface area contributed by atoms with E-state index in [2.05, 4.69) is 17.3 Å². The van der Waals surface area contributed by atoms with Crippen molar-refractivity contribution in [3.05, 3.63) is 33.9 Å². The summed E-state index contributed by atoms with van der Waals surface area (Å²) in [4.78, 5) is 27.8. The van der Waals surface area contributed by atoms with Gasteiger partial charge in [-0.2, -0.15) is 0 Å². The Bertz CT molecular complexity index is 652. The number of hydrogen-bond acceptors (Lipinski definition) is 5. The minimum Gasteiger partial charge on any atom is -0.366 e. The smallest absolute Gasteiger partial charge is 0.293 e. The van der Waals surface area contributed by atoms with Gasteiger partial charge in [0.15, 0.2) is 0 Å². The van der Waals surface area contributed by atoms with Crippen molar-refractivity contribution >= 4 is 17.3 Å². The predicted molar refractivity (Wildman–Crippen MR) is 102 cm³/mol. The van der Waals surface area contributed by atoms with Crippen LogP contribution < -0.4 is 10.2 Å². The minimum atomic E-state index is -0.391. The van der Waals surface area contributed by atoms with Gasteiger partial charge in [-0.25, -0.2) is 0 Å². The standard InChI is InChI=1S/C19H28N4O3/c1-21(16-6-2-3-7-16)13-10-20-19(24)15-8-9-17(18(14-15)23(25)26)22-11-4-5-12-22/h8-9,14,16H,2-7,10-13H2,1H3,(H,20,24). The number of carbonyl (C=O) groups excluding carboxylic acids is 1. The number of nitro benzene ring substituents is 1. The Morgan fingerprint density at radius 1 is 1.27 bits per heavy atom. The Labute approximate surface area is 154 Å². The molecule has 0 atom stereocenters. The van der Waals surface area contributed by atoms with Crippen molar-refractivity contribution in [2.75, 3.05) is 38.1 Å². The third-order valence-corrected chi connectivity index (χ3v) is 5.58. The van der Waals surface area contributed by atoms with E-state index in [1.807, 2.05) is 4.90 Å². The van der Waals surface area contributed by atoms with Crippen LogP contribution in [0.25, 0.3) is 0 Å². The molecule has 0 spiro atoms. The van der Waals surface area contributed by atoms with Gasteiger partial charge in [0.1, 0.15) is 5.69 Å². The van der Waals surface area contributed by atoms with Crippen molar-refractivity contribution in [2.24, 2.45) is 0 Å². The van der Waals surface area contributed by atoms with Crippen LogP contribution >= 0.6 is 0 Å². The number of benzene rings is 1. The average molecular weight is 360 g/mol. The molecule has 3 rings (SSSR count). The van der Waals surface area contributed by atoms with Crippen molar-refractivity contribution in [1.82, 2.24) is 10.2 Å². The largest absolute Gasteiger partial charge is 0.366 e. The number of nitrogens with zero attached hydrogens (tertiary/aromatic N) is 3. The van der Waals surface area contributed by atoms with Crippen LogP contribution in [0.1, 0.15) is 48.9 Å². The van der Waals surface area contributed by atoms with Gasteiger partial charge >= 0.3 is 0 Å². The predicted octanol–water partition coefficient (Wildman–Crippen LogP) is 2.80. The fourth-order valence-corrected chi connectivity index (χ4v) is 4.01. The second kappa shape index (κ2) is 8.49. The van der Waals surface area contributed by atoms with Gasteiger partial charge in [-0.1, -0.05) is 12.8 Å². The average Bonchev–Trinajstić information content (AvgIpc) is 3.34. The van der Waals surface area contributed by atoms with Crippen LogP contribution in [-0.2, 0) is 0 Å². The number of carbonyl (C=O) groups is 1. The SMILES string of the molecule is CN(CCNC(=O)c1ccc(N2CCCC2)c([N+](=O)[O-])c1)C1CCCC1. The molecule has 7 nitrogen and oxygen atoms in total. The molecule has 1 aromatic carbocycles. The molecular formula is C19H28N4O3. The van der Waals surface area contributed by atoms with Crippen molar-refractivity contribution in [1.29, 1.82) is 0 Å². The van der Waals surface area contributed by atoms with E-state index in [-0.39, 0.29) is 11.6 Å². The maximum Gasteiger partial charge on any atom is 0.293 e. The van der Waals surface area contributed by atoms with E-state index in [1.54, 1.807) is 12.1 Å². The molecule has 0 bridgehead atoms. The molecule has 1 saturated carbocycles. The van der Waals surface area contributed by atoms with Gasteiger partial charge in [0.2, 0.25) is 0 Å². The molecule has 0 unspecified atom stereocenters. The number of anilines is 1. The second-order valence-corrected chi connectivity index (χ2v) is 7.33. The monoisotopic (exact) mass is 360 g/mol. The fraction of sp³-hybridized carbons (Fsp3) is 0.632. The zero-order chi connectivity index (χ0) is 18.5. The minimum absolute atomic E-state index is 0.0163. The van der Waals surface area contributed by atoms with E-state index in [9.17, 15) is 14.9 Å². The molecule has 1 amide bonds. The molecule has 1 aliphatic carbocycles. The Morgan fingerprint density at radius 2 is 1.96 bits per heavy atom. The molecule has 1 aromatic rings. The van der Waals surface area contributed by atoms with Crippen molar-refractivity contribution < 1.29 is 9.72 Å². The highest BCUT2D eigenvalue weighted by Crippen LogP contribution is 2.31. The molecule has 1 aliphatic heterocycles. The lowest BCUT2D eigenvalue weighted by Gasteiger charge is -2.24. The van der Waals surface area contributed by atoms with Crippen molar-refractivity contribution in [3.63, 3.8) is 0 Å². The summed E-state index contributed by atoms with van der Waals surface area (Å²) in [6.07, 6.45) is 7.13. The van der Waals surface area contributed by atoms with E-state index in [0.29, 0.717) is 23.8 Å². The van der Waals surface area contributed by atoms with Crippen LogP contribution in [0.4, 0.5) is 11.4 Å². The first-order chi connectivity index (χ1) is 12.6. The first-order valence-corrected chi connectivity index (χ1v) is 9.58. The third-order valence-electron chi connectivity index (χ3n) is 5.58. The molecule has 2 fully saturated rings. The molecular weight excluding hydrogens is 332 g/mol. The van der Waals surface area contributed by atoms with E-state index in [4.69, 9.17) is 0 Å². The van der Waals surface area contributed by atoms with Crippen molar-refractivity contribution in [3.8, 4) is 0 Å². The summed E-state index contributed by atoms with van der Waals surface area (Å²) in [6.45, 7) is 3.01. The summed E-state index contributed by atoms with van der Waals surface area (Å²) in [5.41, 5.74) is 0.982. The number of amides is 1. The van der Waals surface area contributed by atoms with E-state index in [0.717, 1.165) is 32.5 Å². The molecule has 26 heavy (non-hydrogen) atoms. The van der Waals surface area contributed by atoms with Gasteiger partial charge in [-0.3, -0.25) is 14.9 Å². The molecule has 1 saturated heterocycles. The van der Waals surface area contributed by atoms with Gasteiger partial charge in [0.25, 0.3) is 11.6 Å². The van der Waals surface area contributed by atoms with Crippen LogP contribution in [0, 0.1) is 10.1 Å². The summed E-state index contributed by atoms with van der Waals surface area (Å²) in [5.74, 6) is -0.249. The zero-order valence-electron chi connectivity index (χ0n) is 15.4. The maximum atomic E-state index is 12.4. The number of nitro groups is 1. The topological polar surface area (TPSA) is 78.7 Å². The Hall–Kier alpha value is -2.15. The van der Waals surface area contributed by atoms with Gasteiger partial charge in [-0.05, 0) is 44.9 Å². The second-order valence-electron chi connectivity index (χ2n) is 7.33. The van der Waals surface area contributed by atoms with Crippen molar-refractivity contribution in [2.45, 2.75) is 44.6 Å². The Morgan fingerprint density at radius 3 is 2.62 bits per heavy atom. The molecule has 142 valence electrons. The highest BCUT2D eigenvalue weighted by molar-refractivity contribution is 5.95. The molecule has 0 aromatic heterocycles. The van der Waals surface area contributed by atoms with E-state index >= 15 is 0 Å². The molecule has 2 aliphatic rings. The highest BCUT2D eigenvalue weighted by atomic mass is 16.6. The molecule has 0 radical (unpaired) electrons. The zero-order valence-corrected chi connectivity index (χ0v) is 15.4. The van der Waals surface area contributed by atoms with Gasteiger partial charge < -0.3 is 15.1 Å². The number of rotatable bonds is 7. The summed E-state index contributed by atoms with van der Waals surface area (Å²) in [6, 6.07) is 5.43. The van der Waals surface area contributed by atoms with Crippen LogP contribution in [0.3, 0.4) is 0 Å². The van der Waals surface area contributed by atoms with Crippen LogP contribution in [-0.4, -0.2) is 55.0 Å². The van der Waals surface area contributed by atoms with Crippen LogP contribution in [0.2, 0.25) is 0 Å². The maximum absolute atomic E-state index is 12.4. The van der Waals surface area contributed by atoms with E-state index in [1.165, 1.54) is 31.7 Å². The molecule has 1 N–H and O–H groups in total. The van der Waals surface area contributed by atoms with Gasteiger partial charge in [0, 0.05) is 43.9 Å². The third kappa shape index (κ3) is 4.33.